The molecule has 0 unspecified atom stereocenters. The lowest BCUT2D eigenvalue weighted by atomic mass is 10.2. The van der Waals surface area contributed by atoms with Crippen molar-refractivity contribution in [3.63, 3.8) is 0 Å². The van der Waals surface area contributed by atoms with Crippen molar-refractivity contribution in [3.8, 4) is 0 Å². The Kier molecular flexibility index (Phi) is 4.93. The summed E-state index contributed by atoms with van der Waals surface area (Å²) in [6.07, 6.45) is 1.63. The normalized spacial score (nSPS) is 10.0. The molecule has 2 N–H and O–H groups in total. The van der Waals surface area contributed by atoms with Crippen LogP contribution in [0.2, 0.25) is 0 Å². The standard InChI is InChI=1S/C13H11Br2N3O/c14-10-3-1-9(2-4-10)7-17-13(19)18-12-6-5-11(15)8-16-12/h1-6,8H,7H2,(H2,16,17,18,19). The maximum absolute atomic E-state index is 11.7. The second-order valence-corrected chi connectivity index (χ2v) is 5.63. The minimum Gasteiger partial charge on any atom is -0.334 e. The lowest BCUT2D eigenvalue weighted by Gasteiger charge is -2.07. The van der Waals surface area contributed by atoms with Crippen molar-refractivity contribution in [3.05, 3.63) is 57.1 Å². The Morgan fingerprint density at radius 2 is 1.74 bits per heavy atom. The summed E-state index contributed by atoms with van der Waals surface area (Å²) in [6.45, 7) is 0.468. The highest BCUT2D eigenvalue weighted by Gasteiger charge is 2.02. The highest BCUT2D eigenvalue weighted by atomic mass is 79.9. The Morgan fingerprint density at radius 1 is 1.05 bits per heavy atom. The quantitative estimate of drug-likeness (QED) is 0.842. The van der Waals surface area contributed by atoms with Crippen LogP contribution >= 0.6 is 31.9 Å². The largest absolute Gasteiger partial charge is 0.334 e. The van der Waals surface area contributed by atoms with Gasteiger partial charge in [-0.15, -0.1) is 0 Å². The summed E-state index contributed by atoms with van der Waals surface area (Å²) in [6, 6.07) is 11.0. The van der Waals surface area contributed by atoms with Crippen LogP contribution in [-0.4, -0.2) is 11.0 Å². The molecule has 2 aromatic rings. The van der Waals surface area contributed by atoms with E-state index in [0.717, 1.165) is 14.5 Å². The Bertz CT molecular complexity index is 555. The first-order valence-corrected chi connectivity index (χ1v) is 7.13. The molecule has 0 aliphatic carbocycles. The predicted octanol–water partition coefficient (Wildman–Crippen LogP) is 3.93. The van der Waals surface area contributed by atoms with Crippen LogP contribution in [0.25, 0.3) is 0 Å². The number of anilines is 1. The first-order chi connectivity index (χ1) is 9.13. The van der Waals surface area contributed by atoms with Gasteiger partial charge in [-0.05, 0) is 45.8 Å². The van der Waals surface area contributed by atoms with Gasteiger partial charge in [0, 0.05) is 21.7 Å². The van der Waals surface area contributed by atoms with E-state index in [0.29, 0.717) is 12.4 Å². The number of carbonyl (C=O) groups excluding carboxylic acids is 1. The van der Waals surface area contributed by atoms with Gasteiger partial charge in [-0.2, -0.15) is 0 Å². The van der Waals surface area contributed by atoms with Gasteiger partial charge in [0.05, 0.1) is 0 Å². The molecule has 0 fully saturated rings. The van der Waals surface area contributed by atoms with Gasteiger partial charge in [-0.1, -0.05) is 28.1 Å². The van der Waals surface area contributed by atoms with Gasteiger partial charge in [0.15, 0.2) is 0 Å². The van der Waals surface area contributed by atoms with Crippen LogP contribution in [0.5, 0.6) is 0 Å². The fourth-order valence-electron chi connectivity index (χ4n) is 1.39. The SMILES string of the molecule is O=C(NCc1ccc(Br)cc1)Nc1ccc(Br)cn1. The summed E-state index contributed by atoms with van der Waals surface area (Å²) in [5.74, 6) is 0.511. The fraction of sp³-hybridized carbons (Fsp3) is 0.0769. The van der Waals surface area contributed by atoms with E-state index in [2.05, 4.69) is 47.5 Å². The number of nitrogens with one attached hydrogen (secondary N) is 2. The smallest absolute Gasteiger partial charge is 0.320 e. The van der Waals surface area contributed by atoms with E-state index in [1.165, 1.54) is 0 Å². The van der Waals surface area contributed by atoms with Crippen LogP contribution in [0.15, 0.2) is 51.5 Å². The van der Waals surface area contributed by atoms with E-state index in [4.69, 9.17) is 0 Å². The van der Waals surface area contributed by atoms with Gasteiger partial charge in [-0.25, -0.2) is 9.78 Å². The highest BCUT2D eigenvalue weighted by Crippen LogP contribution is 2.11. The molecule has 98 valence electrons. The second kappa shape index (κ2) is 6.68. The molecule has 0 saturated heterocycles. The monoisotopic (exact) mass is 383 g/mol. The Morgan fingerprint density at radius 3 is 2.37 bits per heavy atom. The van der Waals surface area contributed by atoms with Crippen molar-refractivity contribution in [2.75, 3.05) is 5.32 Å². The van der Waals surface area contributed by atoms with Crippen LogP contribution in [0.1, 0.15) is 5.56 Å². The molecule has 0 spiro atoms. The Labute approximate surface area is 127 Å². The number of benzene rings is 1. The van der Waals surface area contributed by atoms with Crippen molar-refractivity contribution in [2.45, 2.75) is 6.54 Å². The third kappa shape index (κ3) is 4.65. The Hall–Kier alpha value is -1.40. The van der Waals surface area contributed by atoms with E-state index in [1.807, 2.05) is 30.3 Å². The molecule has 6 heteroatoms. The molecular formula is C13H11Br2N3O. The molecule has 0 radical (unpaired) electrons. The average Bonchev–Trinajstić information content (AvgIpc) is 2.41. The molecule has 1 aromatic carbocycles. The Balaban J connectivity index is 1.84. The van der Waals surface area contributed by atoms with Crippen LogP contribution in [0.4, 0.5) is 10.6 Å². The van der Waals surface area contributed by atoms with Gasteiger partial charge >= 0.3 is 6.03 Å². The number of amides is 2. The summed E-state index contributed by atoms with van der Waals surface area (Å²) >= 11 is 6.65. The molecule has 19 heavy (non-hydrogen) atoms. The molecule has 0 aliphatic heterocycles. The topological polar surface area (TPSA) is 54.0 Å². The minimum atomic E-state index is -0.280. The number of urea groups is 1. The molecule has 0 saturated carbocycles. The van der Waals surface area contributed by atoms with Crippen molar-refractivity contribution in [1.82, 2.24) is 10.3 Å². The molecule has 2 rings (SSSR count). The van der Waals surface area contributed by atoms with Gasteiger partial charge in [0.2, 0.25) is 0 Å². The number of hydrogen-bond donors (Lipinski definition) is 2. The lowest BCUT2D eigenvalue weighted by molar-refractivity contribution is 0.251. The summed E-state index contributed by atoms with van der Waals surface area (Å²) < 4.78 is 1.88. The second-order valence-electron chi connectivity index (χ2n) is 3.80. The fourth-order valence-corrected chi connectivity index (χ4v) is 1.89. The first kappa shape index (κ1) is 14.0. The van der Waals surface area contributed by atoms with Crippen LogP contribution < -0.4 is 10.6 Å². The van der Waals surface area contributed by atoms with Crippen LogP contribution in [0, 0.1) is 0 Å². The summed E-state index contributed by atoms with van der Waals surface area (Å²) in [4.78, 5) is 15.7. The van der Waals surface area contributed by atoms with Crippen LogP contribution in [0.3, 0.4) is 0 Å². The van der Waals surface area contributed by atoms with Crippen molar-refractivity contribution in [1.29, 1.82) is 0 Å². The molecule has 2 amide bonds. The van der Waals surface area contributed by atoms with Crippen molar-refractivity contribution < 1.29 is 4.79 Å². The van der Waals surface area contributed by atoms with Gasteiger partial charge in [-0.3, -0.25) is 5.32 Å². The first-order valence-electron chi connectivity index (χ1n) is 5.54. The third-order valence-corrected chi connectivity index (χ3v) is 3.33. The number of carbonyl (C=O) groups is 1. The molecule has 0 aliphatic rings. The zero-order valence-electron chi connectivity index (χ0n) is 9.86. The predicted molar refractivity (Wildman–Crippen MR) is 81.9 cm³/mol. The zero-order valence-corrected chi connectivity index (χ0v) is 13.0. The molecule has 0 atom stereocenters. The third-order valence-electron chi connectivity index (χ3n) is 2.34. The summed E-state index contributed by atoms with van der Waals surface area (Å²) in [5.41, 5.74) is 1.03. The molecule has 1 aromatic heterocycles. The maximum Gasteiger partial charge on any atom is 0.320 e. The van der Waals surface area contributed by atoms with E-state index < -0.39 is 0 Å². The highest BCUT2D eigenvalue weighted by molar-refractivity contribution is 9.10. The number of hydrogen-bond acceptors (Lipinski definition) is 2. The van der Waals surface area contributed by atoms with Crippen LogP contribution in [-0.2, 0) is 6.54 Å². The molecule has 1 heterocycles. The van der Waals surface area contributed by atoms with Crippen molar-refractivity contribution in [2.24, 2.45) is 0 Å². The molecule has 4 nitrogen and oxygen atoms in total. The molecular weight excluding hydrogens is 374 g/mol. The number of pyridine rings is 1. The number of nitrogens with zero attached hydrogens (tertiary/aromatic N) is 1. The van der Waals surface area contributed by atoms with E-state index in [-0.39, 0.29) is 6.03 Å². The van der Waals surface area contributed by atoms with Crippen molar-refractivity contribution >= 4 is 43.7 Å². The zero-order chi connectivity index (χ0) is 13.7. The van der Waals surface area contributed by atoms with Gasteiger partial charge in [0.1, 0.15) is 5.82 Å². The van der Waals surface area contributed by atoms with Gasteiger partial charge < -0.3 is 5.32 Å². The average molecular weight is 385 g/mol. The maximum atomic E-state index is 11.7. The lowest BCUT2D eigenvalue weighted by Crippen LogP contribution is -2.28. The van der Waals surface area contributed by atoms with E-state index in [9.17, 15) is 4.79 Å². The number of halogens is 2. The van der Waals surface area contributed by atoms with E-state index >= 15 is 0 Å². The van der Waals surface area contributed by atoms with E-state index in [1.54, 1.807) is 12.3 Å². The van der Waals surface area contributed by atoms with Gasteiger partial charge in [0.25, 0.3) is 0 Å². The minimum absolute atomic E-state index is 0.280. The summed E-state index contributed by atoms with van der Waals surface area (Å²) in [5, 5.41) is 5.42. The summed E-state index contributed by atoms with van der Waals surface area (Å²) in [7, 11) is 0. The number of rotatable bonds is 3. The number of aromatic nitrogens is 1. The molecule has 0 bridgehead atoms.